The van der Waals surface area contributed by atoms with Gasteiger partial charge in [0.1, 0.15) is 5.76 Å². The van der Waals surface area contributed by atoms with Gasteiger partial charge in [0.2, 0.25) is 0 Å². The van der Waals surface area contributed by atoms with Crippen molar-refractivity contribution in [3.63, 3.8) is 0 Å². The summed E-state index contributed by atoms with van der Waals surface area (Å²) in [6.07, 6.45) is 2.01. The molecule has 0 saturated heterocycles. The zero-order chi connectivity index (χ0) is 24.2. The number of alkyl halides is 3. The average Bonchev–Trinajstić information content (AvgIpc) is 3.61. The molecule has 4 N–H and O–H groups in total. The number of rotatable bonds is 5. The maximum Gasteiger partial charge on any atom is 0.416 e. The summed E-state index contributed by atoms with van der Waals surface area (Å²) < 4.78 is 39.8. The number of aliphatic imine (C=N–C) groups is 1. The first-order valence-electron chi connectivity index (χ1n) is 11.7. The van der Waals surface area contributed by atoms with Crippen molar-refractivity contribution in [2.75, 3.05) is 10.6 Å². The quantitative estimate of drug-likeness (QED) is 0.322. The number of fused-ring (bicyclic) bond motifs is 3. The van der Waals surface area contributed by atoms with E-state index in [9.17, 15) is 18.3 Å². The van der Waals surface area contributed by atoms with Gasteiger partial charge in [-0.25, -0.2) is 4.98 Å². The average molecular weight is 480 g/mol. The topological polar surface area (TPSA) is 81.6 Å². The number of hydrogen-bond donors (Lipinski definition) is 4. The van der Waals surface area contributed by atoms with E-state index in [1.165, 1.54) is 6.07 Å². The minimum Gasteiger partial charge on any atom is -0.507 e. The van der Waals surface area contributed by atoms with Crippen molar-refractivity contribution < 1.29 is 18.3 Å². The lowest BCUT2D eigenvalue weighted by Gasteiger charge is -2.26. The maximum atomic E-state index is 13.3. The van der Waals surface area contributed by atoms with Crippen molar-refractivity contribution in [1.29, 1.82) is 0 Å². The highest BCUT2D eigenvalue weighted by atomic mass is 19.4. The number of nitrogens with zero attached hydrogens (tertiary/aromatic N) is 2. The van der Waals surface area contributed by atoms with Crippen LogP contribution in [0.15, 0.2) is 53.0 Å². The number of hydrogen-bond acceptors (Lipinski definition) is 6. The summed E-state index contributed by atoms with van der Waals surface area (Å²) in [6, 6.07) is 11.0. The molecule has 0 radical (unpaired) electrons. The largest absolute Gasteiger partial charge is 0.507 e. The van der Waals surface area contributed by atoms with Gasteiger partial charge < -0.3 is 15.7 Å². The van der Waals surface area contributed by atoms with Gasteiger partial charge in [0.05, 0.1) is 16.8 Å². The van der Waals surface area contributed by atoms with Crippen LogP contribution in [-0.4, -0.2) is 28.6 Å². The van der Waals surface area contributed by atoms with Gasteiger partial charge in [0.25, 0.3) is 0 Å². The van der Waals surface area contributed by atoms with E-state index in [0.717, 1.165) is 60.8 Å². The molecule has 2 aliphatic carbocycles. The lowest BCUT2D eigenvalue weighted by atomic mass is 9.89. The normalized spacial score (nSPS) is 19.2. The second-order valence-corrected chi connectivity index (χ2v) is 9.26. The van der Waals surface area contributed by atoms with E-state index in [2.05, 4.69) is 20.9 Å². The second-order valence-electron chi connectivity index (χ2n) is 9.26. The van der Waals surface area contributed by atoms with Crippen LogP contribution in [0, 0.1) is 0 Å². The van der Waals surface area contributed by atoms with Crippen LogP contribution in [0.25, 0.3) is 16.7 Å². The third-order valence-corrected chi connectivity index (χ3v) is 6.65. The first-order valence-corrected chi connectivity index (χ1v) is 11.7. The van der Waals surface area contributed by atoms with Crippen molar-refractivity contribution in [1.82, 2.24) is 10.3 Å². The second kappa shape index (κ2) is 8.27. The Hall–Kier alpha value is -3.59. The molecule has 1 unspecified atom stereocenters. The van der Waals surface area contributed by atoms with Gasteiger partial charge in [-0.2, -0.15) is 13.2 Å². The number of aromatic nitrogens is 1. The molecule has 6 nitrogen and oxygen atoms in total. The third-order valence-electron chi connectivity index (χ3n) is 6.65. The molecule has 0 amide bonds. The maximum absolute atomic E-state index is 13.3. The van der Waals surface area contributed by atoms with Crippen LogP contribution in [-0.2, 0) is 6.18 Å². The van der Waals surface area contributed by atoms with Crippen LogP contribution in [0.4, 0.5) is 30.4 Å². The molecule has 2 aromatic carbocycles. The molecule has 2 fully saturated rings. The summed E-state index contributed by atoms with van der Waals surface area (Å²) in [7, 11) is 0. The predicted octanol–water partition coefficient (Wildman–Crippen LogP) is 6.33. The minimum atomic E-state index is -4.44. The highest BCUT2D eigenvalue weighted by Crippen LogP contribution is 2.38. The van der Waals surface area contributed by atoms with Crippen LogP contribution < -0.4 is 16.0 Å². The van der Waals surface area contributed by atoms with Crippen molar-refractivity contribution in [2.24, 2.45) is 4.99 Å². The molecule has 2 heterocycles. The van der Waals surface area contributed by atoms with E-state index in [1.807, 2.05) is 18.2 Å². The zero-order valence-corrected chi connectivity index (χ0v) is 18.8. The SMILES string of the molecule is OC(=C1CCC1)c1ccc2c3c(c(Nc4cccc(C(F)(F)F)c4)nc2c1)NC(NC1CC1)N=C3. The number of anilines is 3. The van der Waals surface area contributed by atoms with Gasteiger partial charge in [-0.15, -0.1) is 0 Å². The van der Waals surface area contributed by atoms with Crippen LogP contribution >= 0.6 is 0 Å². The summed E-state index contributed by atoms with van der Waals surface area (Å²) in [5.41, 5.74) is 3.32. The van der Waals surface area contributed by atoms with Crippen molar-refractivity contribution >= 4 is 40.1 Å². The highest BCUT2D eigenvalue weighted by molar-refractivity contribution is 6.08. The summed E-state index contributed by atoms with van der Waals surface area (Å²) >= 11 is 0. The Morgan fingerprint density at radius 1 is 1.09 bits per heavy atom. The summed E-state index contributed by atoms with van der Waals surface area (Å²) in [6.45, 7) is 0. The molecule has 1 atom stereocenters. The molecular weight excluding hydrogens is 455 g/mol. The zero-order valence-electron chi connectivity index (χ0n) is 18.8. The number of pyridine rings is 1. The molecule has 1 aliphatic heterocycles. The number of benzene rings is 2. The Kier molecular flexibility index (Phi) is 5.17. The van der Waals surface area contributed by atoms with Crippen LogP contribution in [0.3, 0.4) is 0 Å². The number of aliphatic hydroxyl groups excluding tert-OH is 1. The van der Waals surface area contributed by atoms with Crippen molar-refractivity contribution in [3.05, 3.63) is 64.7 Å². The van der Waals surface area contributed by atoms with E-state index < -0.39 is 11.7 Å². The Balaban J connectivity index is 1.44. The molecule has 1 aromatic heterocycles. The molecule has 0 spiro atoms. The first-order chi connectivity index (χ1) is 16.8. The fourth-order valence-electron chi connectivity index (χ4n) is 4.39. The molecule has 180 valence electrons. The van der Waals surface area contributed by atoms with E-state index in [-0.39, 0.29) is 17.7 Å². The van der Waals surface area contributed by atoms with Gasteiger partial charge in [-0.1, -0.05) is 18.2 Å². The predicted molar refractivity (Wildman–Crippen MR) is 131 cm³/mol. The molecule has 3 aromatic rings. The number of halogens is 3. The lowest BCUT2D eigenvalue weighted by molar-refractivity contribution is -0.137. The molecule has 3 aliphatic rings. The van der Waals surface area contributed by atoms with Crippen molar-refractivity contribution in [3.8, 4) is 0 Å². The van der Waals surface area contributed by atoms with Gasteiger partial charge in [0.15, 0.2) is 12.1 Å². The van der Waals surface area contributed by atoms with E-state index in [4.69, 9.17) is 4.98 Å². The summed E-state index contributed by atoms with van der Waals surface area (Å²) in [4.78, 5) is 9.37. The fourth-order valence-corrected chi connectivity index (χ4v) is 4.39. The Labute approximate surface area is 200 Å². The minimum absolute atomic E-state index is 0.278. The number of aliphatic hydroxyl groups is 1. The van der Waals surface area contributed by atoms with E-state index >= 15 is 0 Å². The smallest absolute Gasteiger partial charge is 0.416 e. The van der Waals surface area contributed by atoms with Crippen molar-refractivity contribution in [2.45, 2.75) is 50.6 Å². The molecule has 6 rings (SSSR count). The molecule has 9 heteroatoms. The molecule has 0 bridgehead atoms. The molecule has 2 saturated carbocycles. The number of nitrogens with one attached hydrogen (secondary N) is 3. The standard InChI is InChI=1S/C26H24F3N5O/c27-26(28,29)16-5-2-6-18(12-16)31-24-22-20(13-30-25(34-22)32-17-8-9-17)19-10-7-15(11-21(19)33-24)23(35)14-3-1-4-14/h2,5-7,10-13,17,25,32,34-35H,1,3-4,8-9H2,(H,31,33). The van der Waals surface area contributed by atoms with Gasteiger partial charge >= 0.3 is 6.18 Å². The van der Waals surface area contributed by atoms with Gasteiger partial charge in [-0.3, -0.25) is 10.3 Å². The Morgan fingerprint density at radius 2 is 1.91 bits per heavy atom. The molecule has 35 heavy (non-hydrogen) atoms. The van der Waals surface area contributed by atoms with Crippen LogP contribution in [0.2, 0.25) is 0 Å². The Bertz CT molecular complexity index is 1370. The van der Waals surface area contributed by atoms with E-state index in [1.54, 1.807) is 12.3 Å². The van der Waals surface area contributed by atoms with E-state index in [0.29, 0.717) is 28.6 Å². The van der Waals surface area contributed by atoms with Gasteiger partial charge in [-0.05, 0) is 61.9 Å². The lowest BCUT2D eigenvalue weighted by Crippen LogP contribution is -2.38. The van der Waals surface area contributed by atoms with Crippen LogP contribution in [0.5, 0.6) is 0 Å². The summed E-state index contributed by atoms with van der Waals surface area (Å²) in [5, 5.41) is 21.3. The Morgan fingerprint density at radius 3 is 2.63 bits per heavy atom. The summed E-state index contributed by atoms with van der Waals surface area (Å²) in [5.74, 6) is 0.680. The van der Waals surface area contributed by atoms with Gasteiger partial charge in [0, 0.05) is 34.5 Å². The number of allylic oxidation sites excluding steroid dienone is 1. The van der Waals surface area contributed by atoms with Crippen LogP contribution in [0.1, 0.15) is 48.8 Å². The highest BCUT2D eigenvalue weighted by Gasteiger charge is 2.31. The first kappa shape index (κ1) is 21.9. The third kappa shape index (κ3) is 4.32. The molecular formula is C26H24F3N5O. The monoisotopic (exact) mass is 479 g/mol. The fraction of sp³-hybridized carbons (Fsp3) is 0.308.